The van der Waals surface area contributed by atoms with Crippen LogP contribution in [-0.2, 0) is 6.54 Å². The third kappa shape index (κ3) is 2.31. The van der Waals surface area contributed by atoms with Gasteiger partial charge in [-0.1, -0.05) is 16.8 Å². The van der Waals surface area contributed by atoms with Crippen molar-refractivity contribution in [2.24, 2.45) is 5.73 Å². The van der Waals surface area contributed by atoms with Gasteiger partial charge in [-0.3, -0.25) is 0 Å². The lowest BCUT2D eigenvalue weighted by atomic mass is 10.2. The predicted molar refractivity (Wildman–Crippen MR) is 70.3 cm³/mol. The van der Waals surface area contributed by atoms with Crippen molar-refractivity contribution in [2.45, 2.75) is 6.54 Å². The van der Waals surface area contributed by atoms with Gasteiger partial charge in [0.2, 0.25) is 5.82 Å². The Labute approximate surface area is 118 Å². The van der Waals surface area contributed by atoms with E-state index in [4.69, 9.17) is 26.3 Å². The second-order valence-electron chi connectivity index (χ2n) is 4.02. The fraction of sp³-hybridized carbons (Fsp3) is 0.0769. The van der Waals surface area contributed by atoms with E-state index in [-0.39, 0.29) is 17.5 Å². The monoisotopic (exact) mass is 293 g/mol. The Bertz CT molecular complexity index is 754. The predicted octanol–water partition coefficient (Wildman–Crippen LogP) is 3.25. The maximum atomic E-state index is 13.1. The van der Waals surface area contributed by atoms with Gasteiger partial charge in [0, 0.05) is 5.56 Å². The summed E-state index contributed by atoms with van der Waals surface area (Å²) in [6.45, 7) is 0.286. The van der Waals surface area contributed by atoms with Gasteiger partial charge in [0.05, 0.1) is 11.6 Å². The Balaban J connectivity index is 1.95. The molecule has 0 saturated heterocycles. The number of halogens is 2. The topological polar surface area (TPSA) is 78.1 Å². The first-order valence-electron chi connectivity index (χ1n) is 5.75. The van der Waals surface area contributed by atoms with E-state index in [2.05, 4.69) is 10.1 Å². The van der Waals surface area contributed by atoms with Gasteiger partial charge in [0.15, 0.2) is 5.76 Å². The largest absolute Gasteiger partial charge is 0.455 e. The van der Waals surface area contributed by atoms with Crippen molar-refractivity contribution in [3.63, 3.8) is 0 Å². The smallest absolute Gasteiger partial charge is 0.293 e. The summed E-state index contributed by atoms with van der Waals surface area (Å²) < 4.78 is 23.6. The average molecular weight is 294 g/mol. The zero-order chi connectivity index (χ0) is 14.1. The number of hydrogen-bond acceptors (Lipinski definition) is 5. The molecule has 1 aromatic carbocycles. The van der Waals surface area contributed by atoms with E-state index in [9.17, 15) is 4.39 Å². The van der Waals surface area contributed by atoms with E-state index in [1.807, 2.05) is 0 Å². The highest BCUT2D eigenvalue weighted by molar-refractivity contribution is 6.31. The molecule has 0 unspecified atom stereocenters. The molecule has 102 valence electrons. The minimum Gasteiger partial charge on any atom is -0.455 e. The van der Waals surface area contributed by atoms with Gasteiger partial charge in [-0.15, -0.1) is 0 Å². The number of hydrogen-bond donors (Lipinski definition) is 1. The molecule has 7 heteroatoms. The van der Waals surface area contributed by atoms with E-state index in [1.165, 1.54) is 18.2 Å². The molecule has 0 fully saturated rings. The highest BCUT2D eigenvalue weighted by atomic mass is 35.5. The Morgan fingerprint density at radius 1 is 1.25 bits per heavy atom. The van der Waals surface area contributed by atoms with Crippen LogP contribution >= 0.6 is 11.6 Å². The third-order valence-electron chi connectivity index (χ3n) is 2.68. The van der Waals surface area contributed by atoms with Crippen LogP contribution in [0.1, 0.15) is 5.76 Å². The molecule has 2 aromatic heterocycles. The van der Waals surface area contributed by atoms with Crippen molar-refractivity contribution < 1.29 is 13.3 Å². The minimum atomic E-state index is -0.502. The summed E-state index contributed by atoms with van der Waals surface area (Å²) in [4.78, 5) is 4.18. The van der Waals surface area contributed by atoms with Crippen LogP contribution in [0.25, 0.3) is 23.0 Å². The molecule has 3 aromatic rings. The van der Waals surface area contributed by atoms with Gasteiger partial charge >= 0.3 is 0 Å². The molecule has 20 heavy (non-hydrogen) atoms. The second kappa shape index (κ2) is 5.07. The molecule has 0 saturated carbocycles. The van der Waals surface area contributed by atoms with Crippen LogP contribution in [0.3, 0.4) is 0 Å². The first kappa shape index (κ1) is 12.8. The second-order valence-corrected chi connectivity index (χ2v) is 4.43. The highest BCUT2D eigenvalue weighted by Gasteiger charge is 2.14. The van der Waals surface area contributed by atoms with Crippen molar-refractivity contribution >= 4 is 11.6 Å². The summed E-state index contributed by atoms with van der Waals surface area (Å²) in [5.74, 6) is 1.06. The number of benzene rings is 1. The Morgan fingerprint density at radius 2 is 2.10 bits per heavy atom. The normalized spacial score (nSPS) is 10.9. The zero-order valence-corrected chi connectivity index (χ0v) is 10.9. The molecule has 2 heterocycles. The molecule has 0 amide bonds. The van der Waals surface area contributed by atoms with Crippen molar-refractivity contribution in [3.8, 4) is 23.0 Å². The molecule has 0 radical (unpaired) electrons. The zero-order valence-electron chi connectivity index (χ0n) is 10.1. The summed E-state index contributed by atoms with van der Waals surface area (Å²) in [6.07, 6.45) is 0. The third-order valence-corrected chi connectivity index (χ3v) is 2.97. The van der Waals surface area contributed by atoms with E-state index in [0.717, 1.165) is 0 Å². The number of nitrogens with two attached hydrogens (primary N) is 1. The van der Waals surface area contributed by atoms with Crippen LogP contribution in [0.2, 0.25) is 5.02 Å². The van der Waals surface area contributed by atoms with E-state index >= 15 is 0 Å². The maximum absolute atomic E-state index is 13.1. The van der Waals surface area contributed by atoms with Gasteiger partial charge < -0.3 is 14.7 Å². The number of aromatic nitrogens is 2. The van der Waals surface area contributed by atoms with Crippen LogP contribution in [0, 0.1) is 5.82 Å². The summed E-state index contributed by atoms with van der Waals surface area (Å²) in [6, 6.07) is 7.61. The molecule has 5 nitrogen and oxygen atoms in total. The molecule has 0 atom stereocenters. The van der Waals surface area contributed by atoms with Gasteiger partial charge in [0.1, 0.15) is 11.6 Å². The fourth-order valence-electron chi connectivity index (χ4n) is 1.68. The molecule has 0 spiro atoms. The van der Waals surface area contributed by atoms with Crippen LogP contribution in [0.15, 0.2) is 39.3 Å². The minimum absolute atomic E-state index is 0.00253. The summed E-state index contributed by atoms with van der Waals surface area (Å²) in [7, 11) is 0. The summed E-state index contributed by atoms with van der Waals surface area (Å²) >= 11 is 5.72. The Hall–Kier alpha value is -2.18. The molecule has 3 rings (SSSR count). The van der Waals surface area contributed by atoms with Gasteiger partial charge in [-0.25, -0.2) is 4.39 Å². The SMILES string of the molecule is NCc1ccc(-c2nc(-c3ccc(F)c(Cl)c3)no2)o1. The number of nitrogens with zero attached hydrogens (tertiary/aromatic N) is 2. The first-order valence-corrected chi connectivity index (χ1v) is 6.13. The van der Waals surface area contributed by atoms with E-state index < -0.39 is 5.82 Å². The fourth-order valence-corrected chi connectivity index (χ4v) is 1.86. The summed E-state index contributed by atoms with van der Waals surface area (Å²) in [5, 5.41) is 3.81. The molecule has 0 aliphatic heterocycles. The molecule has 0 bridgehead atoms. The van der Waals surface area contributed by atoms with E-state index in [0.29, 0.717) is 22.9 Å². The molecule has 0 aliphatic rings. The Kier molecular flexibility index (Phi) is 3.25. The lowest BCUT2D eigenvalue weighted by Gasteiger charge is -1.96. The van der Waals surface area contributed by atoms with Gasteiger partial charge in [-0.05, 0) is 30.3 Å². The van der Waals surface area contributed by atoms with Crippen molar-refractivity contribution in [3.05, 3.63) is 46.9 Å². The van der Waals surface area contributed by atoms with Crippen LogP contribution in [0.5, 0.6) is 0 Å². The first-order chi connectivity index (χ1) is 9.67. The van der Waals surface area contributed by atoms with Crippen LogP contribution < -0.4 is 5.73 Å². The molecule has 0 aliphatic carbocycles. The summed E-state index contributed by atoms with van der Waals surface area (Å²) in [5.41, 5.74) is 6.01. The average Bonchev–Trinajstić information content (AvgIpc) is 3.09. The van der Waals surface area contributed by atoms with Crippen LogP contribution in [0.4, 0.5) is 4.39 Å². The molecule has 2 N–H and O–H groups in total. The van der Waals surface area contributed by atoms with Crippen LogP contribution in [-0.4, -0.2) is 10.1 Å². The van der Waals surface area contributed by atoms with Gasteiger partial charge in [0.25, 0.3) is 5.89 Å². The lowest BCUT2D eigenvalue weighted by Crippen LogP contribution is -1.92. The number of furan rings is 1. The van der Waals surface area contributed by atoms with Crippen molar-refractivity contribution in [1.29, 1.82) is 0 Å². The number of rotatable bonds is 3. The van der Waals surface area contributed by atoms with Gasteiger partial charge in [-0.2, -0.15) is 4.98 Å². The molecular formula is C13H9ClFN3O2. The maximum Gasteiger partial charge on any atom is 0.293 e. The van der Waals surface area contributed by atoms with E-state index in [1.54, 1.807) is 12.1 Å². The quantitative estimate of drug-likeness (QED) is 0.802. The molecular weight excluding hydrogens is 285 g/mol. The Morgan fingerprint density at radius 3 is 2.80 bits per heavy atom. The van der Waals surface area contributed by atoms with Crippen molar-refractivity contribution in [2.75, 3.05) is 0 Å². The lowest BCUT2D eigenvalue weighted by molar-refractivity contribution is 0.412. The standard InChI is InChI=1S/C13H9ClFN3O2/c14-9-5-7(1-3-10(9)15)12-17-13(20-18-12)11-4-2-8(6-16)19-11/h1-5H,6,16H2. The highest BCUT2D eigenvalue weighted by Crippen LogP contribution is 2.26. The van der Waals surface area contributed by atoms with Crippen molar-refractivity contribution in [1.82, 2.24) is 10.1 Å².